The Kier molecular flexibility index (Phi) is 6.25. The van der Waals surface area contributed by atoms with Gasteiger partial charge in [0.15, 0.2) is 0 Å². The van der Waals surface area contributed by atoms with E-state index in [0.29, 0.717) is 29.6 Å². The lowest BCUT2D eigenvalue weighted by atomic mass is 10.0. The van der Waals surface area contributed by atoms with Crippen LogP contribution in [-0.2, 0) is 17.6 Å². The van der Waals surface area contributed by atoms with Gasteiger partial charge in [-0.1, -0.05) is 17.7 Å². The van der Waals surface area contributed by atoms with Gasteiger partial charge in [-0.15, -0.1) is 0 Å². The highest BCUT2D eigenvalue weighted by molar-refractivity contribution is 6.32. The van der Waals surface area contributed by atoms with Crippen LogP contribution >= 0.6 is 11.6 Å². The summed E-state index contributed by atoms with van der Waals surface area (Å²) in [4.78, 5) is 33.8. The maximum Gasteiger partial charge on any atom is 0.340 e. The van der Waals surface area contributed by atoms with Crippen LogP contribution in [0.3, 0.4) is 0 Å². The molecular formula is C23H24ClN3O4. The number of rotatable bonds is 5. The van der Waals surface area contributed by atoms with Crippen molar-refractivity contribution in [2.75, 3.05) is 32.7 Å². The molecule has 0 aliphatic carbocycles. The van der Waals surface area contributed by atoms with Crippen LogP contribution in [-0.4, -0.2) is 58.5 Å². The Labute approximate surface area is 184 Å². The van der Waals surface area contributed by atoms with Gasteiger partial charge in [-0.2, -0.15) is 0 Å². The zero-order chi connectivity index (χ0) is 22.0. The van der Waals surface area contributed by atoms with Crippen molar-refractivity contribution in [3.63, 3.8) is 0 Å². The van der Waals surface area contributed by atoms with Crippen LogP contribution in [0.5, 0.6) is 5.75 Å². The lowest BCUT2D eigenvalue weighted by Crippen LogP contribution is -2.49. The van der Waals surface area contributed by atoms with E-state index in [1.807, 2.05) is 18.2 Å². The topological polar surface area (TPSA) is 86.9 Å². The lowest BCUT2D eigenvalue weighted by Gasteiger charge is -2.34. The Balaban J connectivity index is 1.39. The van der Waals surface area contributed by atoms with Crippen LogP contribution < -0.4 is 5.63 Å². The third kappa shape index (κ3) is 4.73. The van der Waals surface area contributed by atoms with Gasteiger partial charge in [0.05, 0.1) is 17.0 Å². The van der Waals surface area contributed by atoms with Gasteiger partial charge in [0.25, 0.3) is 0 Å². The second kappa shape index (κ2) is 9.08. The summed E-state index contributed by atoms with van der Waals surface area (Å²) in [6.07, 6.45) is 2.66. The van der Waals surface area contributed by atoms with Crippen molar-refractivity contribution in [2.24, 2.45) is 0 Å². The van der Waals surface area contributed by atoms with Crippen molar-refractivity contribution in [2.45, 2.75) is 19.8 Å². The summed E-state index contributed by atoms with van der Waals surface area (Å²) in [6, 6.07) is 8.79. The number of piperazine rings is 1. The number of phenolic OH excluding ortho intramolecular Hbond substituents is 1. The first-order valence-electron chi connectivity index (χ1n) is 10.3. The number of pyridine rings is 1. The molecule has 1 amide bonds. The van der Waals surface area contributed by atoms with E-state index >= 15 is 0 Å². The Hall–Kier alpha value is -2.90. The van der Waals surface area contributed by atoms with Gasteiger partial charge in [-0.3, -0.25) is 14.7 Å². The summed E-state index contributed by atoms with van der Waals surface area (Å²) in [6.45, 7) is 5.50. The van der Waals surface area contributed by atoms with Crippen molar-refractivity contribution < 1.29 is 14.3 Å². The zero-order valence-corrected chi connectivity index (χ0v) is 18.1. The van der Waals surface area contributed by atoms with Crippen molar-refractivity contribution in [3.8, 4) is 5.75 Å². The number of carbonyl (C=O) groups excluding carboxylic acids is 1. The predicted octanol–water partition coefficient (Wildman–Crippen LogP) is 2.78. The largest absolute Gasteiger partial charge is 0.506 e. The molecule has 3 heterocycles. The highest BCUT2D eigenvalue weighted by atomic mass is 35.5. The standard InChI is InChI=1S/C23H24ClN3O4/c1-15-17-12-19(24)20(28)14-21(17)31-23(30)18(15)13-22(29)27-10-8-26(9-11-27)7-5-16-4-2-3-6-25-16/h2-4,6,12,14,28H,5,7-11,13H2,1H3. The predicted molar refractivity (Wildman–Crippen MR) is 119 cm³/mol. The minimum Gasteiger partial charge on any atom is -0.506 e. The molecule has 0 unspecified atom stereocenters. The van der Waals surface area contributed by atoms with E-state index in [4.69, 9.17) is 16.0 Å². The van der Waals surface area contributed by atoms with Crippen LogP contribution in [0.1, 0.15) is 16.8 Å². The van der Waals surface area contributed by atoms with E-state index < -0.39 is 5.63 Å². The number of hydrogen-bond acceptors (Lipinski definition) is 6. The van der Waals surface area contributed by atoms with Gasteiger partial charge >= 0.3 is 5.63 Å². The van der Waals surface area contributed by atoms with E-state index in [0.717, 1.165) is 31.7 Å². The molecule has 0 saturated carbocycles. The number of aromatic nitrogens is 1. The van der Waals surface area contributed by atoms with Crippen LogP contribution in [0, 0.1) is 6.92 Å². The summed E-state index contributed by atoms with van der Waals surface area (Å²) in [5.74, 6) is -0.245. The van der Waals surface area contributed by atoms with Gasteiger partial charge in [-0.25, -0.2) is 4.79 Å². The van der Waals surface area contributed by atoms with Gasteiger partial charge in [0, 0.05) is 62.5 Å². The molecule has 4 rings (SSSR count). The fraction of sp³-hybridized carbons (Fsp3) is 0.348. The number of fused-ring (bicyclic) bond motifs is 1. The molecule has 0 spiro atoms. The van der Waals surface area contributed by atoms with E-state index in [9.17, 15) is 14.7 Å². The fourth-order valence-corrected chi connectivity index (χ4v) is 4.07. The zero-order valence-electron chi connectivity index (χ0n) is 17.3. The number of aromatic hydroxyl groups is 1. The highest BCUT2D eigenvalue weighted by Gasteiger charge is 2.23. The lowest BCUT2D eigenvalue weighted by molar-refractivity contribution is -0.132. The van der Waals surface area contributed by atoms with Gasteiger partial charge in [-0.05, 0) is 30.7 Å². The summed E-state index contributed by atoms with van der Waals surface area (Å²) < 4.78 is 5.33. The number of halogens is 1. The molecule has 1 aliphatic heterocycles. The molecule has 0 radical (unpaired) electrons. The number of nitrogens with zero attached hydrogens (tertiary/aromatic N) is 3. The SMILES string of the molecule is Cc1c(CC(=O)N2CCN(CCc3ccccn3)CC2)c(=O)oc2cc(O)c(Cl)cc12. The smallest absolute Gasteiger partial charge is 0.340 e. The van der Waals surface area contributed by atoms with Gasteiger partial charge < -0.3 is 14.4 Å². The molecule has 1 fully saturated rings. The van der Waals surface area contributed by atoms with Crippen LogP contribution in [0.4, 0.5) is 0 Å². The number of hydrogen-bond donors (Lipinski definition) is 1. The quantitative estimate of drug-likeness (QED) is 0.613. The first-order valence-corrected chi connectivity index (χ1v) is 10.6. The monoisotopic (exact) mass is 441 g/mol. The summed E-state index contributed by atoms with van der Waals surface area (Å²) in [7, 11) is 0. The molecule has 0 atom stereocenters. The van der Waals surface area contributed by atoms with Crippen molar-refractivity contribution in [3.05, 3.63) is 68.8 Å². The van der Waals surface area contributed by atoms with Gasteiger partial charge in [0.2, 0.25) is 5.91 Å². The minimum atomic E-state index is -0.561. The number of phenols is 1. The molecule has 1 saturated heterocycles. The Morgan fingerprint density at radius 3 is 2.71 bits per heavy atom. The van der Waals surface area contributed by atoms with E-state index in [-0.39, 0.29) is 28.7 Å². The number of amides is 1. The average Bonchev–Trinajstić information content (AvgIpc) is 2.78. The summed E-state index contributed by atoms with van der Waals surface area (Å²) in [5.41, 5.74) is 1.73. The van der Waals surface area contributed by atoms with Gasteiger partial charge in [0.1, 0.15) is 11.3 Å². The highest BCUT2D eigenvalue weighted by Crippen LogP contribution is 2.30. The van der Waals surface area contributed by atoms with E-state index in [2.05, 4.69) is 9.88 Å². The molecule has 1 aliphatic rings. The average molecular weight is 442 g/mol. The molecule has 1 N–H and O–H groups in total. The molecule has 31 heavy (non-hydrogen) atoms. The maximum atomic E-state index is 12.9. The van der Waals surface area contributed by atoms with E-state index in [1.165, 1.54) is 6.07 Å². The number of benzene rings is 1. The number of carbonyl (C=O) groups is 1. The third-order valence-corrected chi connectivity index (χ3v) is 6.12. The second-order valence-electron chi connectivity index (χ2n) is 7.76. The minimum absolute atomic E-state index is 0.0173. The van der Waals surface area contributed by atoms with Crippen molar-refractivity contribution in [1.29, 1.82) is 0 Å². The van der Waals surface area contributed by atoms with Crippen molar-refractivity contribution >= 4 is 28.5 Å². The molecule has 2 aromatic heterocycles. The molecule has 3 aromatic rings. The summed E-state index contributed by atoms with van der Waals surface area (Å²) in [5, 5.41) is 10.5. The Bertz CT molecular complexity index is 1150. The molecule has 1 aromatic carbocycles. The second-order valence-corrected chi connectivity index (χ2v) is 8.17. The molecule has 7 nitrogen and oxygen atoms in total. The fourth-order valence-electron chi connectivity index (χ4n) is 3.90. The molecule has 8 heteroatoms. The first-order chi connectivity index (χ1) is 14.9. The molecule has 0 bridgehead atoms. The van der Waals surface area contributed by atoms with Crippen LogP contribution in [0.2, 0.25) is 5.02 Å². The first kappa shape index (κ1) is 21.3. The van der Waals surface area contributed by atoms with E-state index in [1.54, 1.807) is 24.1 Å². The summed E-state index contributed by atoms with van der Waals surface area (Å²) >= 11 is 6.00. The molecular weight excluding hydrogens is 418 g/mol. The van der Waals surface area contributed by atoms with Crippen LogP contribution in [0.25, 0.3) is 11.0 Å². The Morgan fingerprint density at radius 1 is 1.23 bits per heavy atom. The maximum absolute atomic E-state index is 12.9. The van der Waals surface area contributed by atoms with Crippen molar-refractivity contribution in [1.82, 2.24) is 14.8 Å². The Morgan fingerprint density at radius 2 is 2.00 bits per heavy atom. The molecule has 162 valence electrons. The van der Waals surface area contributed by atoms with Crippen LogP contribution in [0.15, 0.2) is 45.7 Å². The normalized spacial score (nSPS) is 14.8. The number of aryl methyl sites for hydroxylation is 1. The third-order valence-electron chi connectivity index (χ3n) is 5.82.